The standard InChI is InChI=1S/C12H18N2OS/c1-9(14-12(15)7-8-16-2)10-3-5-11(13)6-4-10/h3-6,9H,7-8,13H2,1-2H3,(H,14,15). The summed E-state index contributed by atoms with van der Waals surface area (Å²) in [5, 5.41) is 2.96. The molecule has 0 aromatic heterocycles. The largest absolute Gasteiger partial charge is 0.399 e. The maximum absolute atomic E-state index is 11.5. The Kier molecular flexibility index (Phi) is 5.19. The van der Waals surface area contributed by atoms with E-state index in [-0.39, 0.29) is 11.9 Å². The molecule has 16 heavy (non-hydrogen) atoms. The highest BCUT2D eigenvalue weighted by Gasteiger charge is 2.08. The van der Waals surface area contributed by atoms with E-state index >= 15 is 0 Å². The van der Waals surface area contributed by atoms with Gasteiger partial charge in [0.05, 0.1) is 6.04 Å². The van der Waals surface area contributed by atoms with Crippen molar-refractivity contribution in [2.24, 2.45) is 0 Å². The third-order valence-electron chi connectivity index (χ3n) is 2.35. The Balaban J connectivity index is 2.48. The van der Waals surface area contributed by atoms with Gasteiger partial charge in [-0.2, -0.15) is 11.8 Å². The molecule has 0 radical (unpaired) electrons. The first kappa shape index (κ1) is 12.9. The van der Waals surface area contributed by atoms with Crippen molar-refractivity contribution in [2.75, 3.05) is 17.7 Å². The zero-order chi connectivity index (χ0) is 12.0. The van der Waals surface area contributed by atoms with Crippen LogP contribution >= 0.6 is 11.8 Å². The zero-order valence-corrected chi connectivity index (χ0v) is 10.5. The summed E-state index contributed by atoms with van der Waals surface area (Å²) in [6.45, 7) is 1.97. The first-order valence-electron chi connectivity index (χ1n) is 5.27. The number of nitrogen functional groups attached to an aromatic ring is 1. The number of amides is 1. The predicted octanol–water partition coefficient (Wildman–Crippen LogP) is 2.20. The van der Waals surface area contributed by atoms with E-state index in [1.165, 1.54) is 0 Å². The van der Waals surface area contributed by atoms with Crippen LogP contribution in [-0.4, -0.2) is 17.9 Å². The molecule has 3 nitrogen and oxygen atoms in total. The van der Waals surface area contributed by atoms with Gasteiger partial charge in [0.1, 0.15) is 0 Å². The van der Waals surface area contributed by atoms with Gasteiger partial charge >= 0.3 is 0 Å². The summed E-state index contributed by atoms with van der Waals surface area (Å²) in [4.78, 5) is 11.5. The van der Waals surface area contributed by atoms with Crippen molar-refractivity contribution in [1.82, 2.24) is 5.32 Å². The molecule has 1 unspecified atom stereocenters. The molecule has 0 bridgehead atoms. The summed E-state index contributed by atoms with van der Waals surface area (Å²) < 4.78 is 0. The highest BCUT2D eigenvalue weighted by Crippen LogP contribution is 2.14. The van der Waals surface area contributed by atoms with Gasteiger partial charge in [-0.15, -0.1) is 0 Å². The second-order valence-corrected chi connectivity index (χ2v) is 4.68. The molecule has 1 aromatic carbocycles. The Bertz CT molecular complexity index is 337. The lowest BCUT2D eigenvalue weighted by molar-refractivity contribution is -0.121. The van der Waals surface area contributed by atoms with Gasteiger partial charge < -0.3 is 11.1 Å². The van der Waals surface area contributed by atoms with Gasteiger partial charge in [0, 0.05) is 17.9 Å². The third-order valence-corrected chi connectivity index (χ3v) is 2.96. The normalized spacial score (nSPS) is 12.1. The van der Waals surface area contributed by atoms with Crippen molar-refractivity contribution < 1.29 is 4.79 Å². The molecular formula is C12H18N2OS. The molecule has 0 fully saturated rings. The van der Waals surface area contributed by atoms with Gasteiger partial charge in [-0.1, -0.05) is 12.1 Å². The third kappa shape index (κ3) is 4.14. The molecule has 0 heterocycles. The van der Waals surface area contributed by atoms with Crippen molar-refractivity contribution in [2.45, 2.75) is 19.4 Å². The smallest absolute Gasteiger partial charge is 0.221 e. The highest BCUT2D eigenvalue weighted by molar-refractivity contribution is 7.98. The number of carbonyl (C=O) groups excluding carboxylic acids is 1. The summed E-state index contributed by atoms with van der Waals surface area (Å²) in [5.41, 5.74) is 7.42. The molecule has 0 spiro atoms. The number of carbonyl (C=O) groups is 1. The van der Waals surface area contributed by atoms with Gasteiger partial charge in [-0.05, 0) is 30.9 Å². The minimum atomic E-state index is 0.0370. The van der Waals surface area contributed by atoms with Crippen LogP contribution in [0.2, 0.25) is 0 Å². The van der Waals surface area contributed by atoms with Crippen LogP contribution in [0.5, 0.6) is 0 Å². The summed E-state index contributed by atoms with van der Waals surface area (Å²) in [6, 6.07) is 7.61. The molecule has 0 aliphatic rings. The maximum atomic E-state index is 11.5. The molecule has 3 N–H and O–H groups in total. The van der Waals surface area contributed by atoms with Crippen LogP contribution in [0.25, 0.3) is 0 Å². The molecule has 0 aliphatic heterocycles. The number of benzene rings is 1. The van der Waals surface area contributed by atoms with Crippen LogP contribution in [0.15, 0.2) is 24.3 Å². The van der Waals surface area contributed by atoms with E-state index in [1.54, 1.807) is 11.8 Å². The van der Waals surface area contributed by atoms with Crippen molar-refractivity contribution in [3.63, 3.8) is 0 Å². The maximum Gasteiger partial charge on any atom is 0.221 e. The van der Waals surface area contributed by atoms with Crippen molar-refractivity contribution in [3.8, 4) is 0 Å². The summed E-state index contributed by atoms with van der Waals surface area (Å²) in [7, 11) is 0. The number of nitrogens with two attached hydrogens (primary N) is 1. The Morgan fingerprint density at radius 2 is 2.06 bits per heavy atom. The van der Waals surface area contributed by atoms with Gasteiger partial charge in [-0.3, -0.25) is 4.79 Å². The summed E-state index contributed by atoms with van der Waals surface area (Å²) >= 11 is 1.68. The van der Waals surface area contributed by atoms with Crippen LogP contribution < -0.4 is 11.1 Å². The second-order valence-electron chi connectivity index (χ2n) is 3.70. The number of rotatable bonds is 5. The number of nitrogens with one attached hydrogen (secondary N) is 1. The van der Waals surface area contributed by atoms with Crippen molar-refractivity contribution in [1.29, 1.82) is 0 Å². The van der Waals surface area contributed by atoms with E-state index in [2.05, 4.69) is 5.32 Å². The van der Waals surface area contributed by atoms with Crippen LogP contribution in [0, 0.1) is 0 Å². The number of hydrogen-bond acceptors (Lipinski definition) is 3. The molecule has 1 amide bonds. The lowest BCUT2D eigenvalue weighted by Gasteiger charge is -2.14. The van der Waals surface area contributed by atoms with E-state index in [0.717, 1.165) is 17.0 Å². The van der Waals surface area contributed by atoms with Crippen molar-refractivity contribution in [3.05, 3.63) is 29.8 Å². The molecule has 1 aromatic rings. The number of hydrogen-bond donors (Lipinski definition) is 2. The Morgan fingerprint density at radius 3 is 2.62 bits per heavy atom. The van der Waals surface area contributed by atoms with Crippen LogP contribution in [0.3, 0.4) is 0 Å². The van der Waals surface area contributed by atoms with E-state index in [9.17, 15) is 4.79 Å². The molecular weight excluding hydrogens is 220 g/mol. The zero-order valence-electron chi connectivity index (χ0n) is 9.69. The molecule has 0 aliphatic carbocycles. The fourth-order valence-corrected chi connectivity index (χ4v) is 1.77. The molecule has 1 rings (SSSR count). The predicted molar refractivity (Wildman–Crippen MR) is 70.4 cm³/mol. The molecule has 1 atom stereocenters. The molecule has 0 saturated heterocycles. The topological polar surface area (TPSA) is 55.1 Å². The average Bonchev–Trinajstić information content (AvgIpc) is 2.27. The van der Waals surface area contributed by atoms with E-state index < -0.39 is 0 Å². The Hall–Kier alpha value is -1.16. The highest BCUT2D eigenvalue weighted by atomic mass is 32.2. The minimum absolute atomic E-state index is 0.0370. The van der Waals surface area contributed by atoms with E-state index in [0.29, 0.717) is 6.42 Å². The molecule has 4 heteroatoms. The number of anilines is 1. The molecule has 0 saturated carbocycles. The van der Waals surface area contributed by atoms with Crippen molar-refractivity contribution >= 4 is 23.4 Å². The lowest BCUT2D eigenvalue weighted by Crippen LogP contribution is -2.26. The second kappa shape index (κ2) is 6.43. The average molecular weight is 238 g/mol. The Morgan fingerprint density at radius 1 is 1.44 bits per heavy atom. The van der Waals surface area contributed by atoms with Crippen LogP contribution in [-0.2, 0) is 4.79 Å². The minimum Gasteiger partial charge on any atom is -0.399 e. The van der Waals surface area contributed by atoms with Crippen LogP contribution in [0.4, 0.5) is 5.69 Å². The monoisotopic (exact) mass is 238 g/mol. The fraction of sp³-hybridized carbons (Fsp3) is 0.417. The first-order valence-corrected chi connectivity index (χ1v) is 6.66. The van der Waals surface area contributed by atoms with Gasteiger partial charge in [0.25, 0.3) is 0 Å². The first-order chi connectivity index (χ1) is 7.63. The quantitative estimate of drug-likeness (QED) is 0.773. The van der Waals surface area contributed by atoms with E-state index in [4.69, 9.17) is 5.73 Å². The Labute approximate surface area is 101 Å². The van der Waals surface area contributed by atoms with Crippen LogP contribution in [0.1, 0.15) is 24.9 Å². The van der Waals surface area contributed by atoms with Gasteiger partial charge in [-0.25, -0.2) is 0 Å². The fourth-order valence-electron chi connectivity index (χ4n) is 1.38. The summed E-state index contributed by atoms with van der Waals surface area (Å²) in [5.74, 6) is 0.957. The van der Waals surface area contributed by atoms with Gasteiger partial charge in [0.2, 0.25) is 5.91 Å². The molecule has 88 valence electrons. The van der Waals surface area contributed by atoms with Gasteiger partial charge in [0.15, 0.2) is 0 Å². The summed E-state index contributed by atoms with van der Waals surface area (Å²) in [6.07, 6.45) is 2.57. The number of thioether (sulfide) groups is 1. The lowest BCUT2D eigenvalue weighted by atomic mass is 10.1. The SMILES string of the molecule is CSCCC(=O)NC(C)c1ccc(N)cc1. The van der Waals surface area contributed by atoms with E-state index in [1.807, 2.05) is 37.4 Å².